The maximum atomic E-state index is 11.6. The zero-order valence-electron chi connectivity index (χ0n) is 15.3. The fourth-order valence-electron chi connectivity index (χ4n) is 3.14. The van der Waals surface area contributed by atoms with Crippen LogP contribution in [-0.2, 0) is 6.54 Å². The van der Waals surface area contributed by atoms with Crippen LogP contribution in [0.25, 0.3) is 22.4 Å². The lowest BCUT2D eigenvalue weighted by molar-refractivity contribution is 0.100. The third-order valence-electron chi connectivity index (χ3n) is 4.62. The predicted octanol–water partition coefficient (Wildman–Crippen LogP) is 3.24. The number of hydrogen-bond acceptors (Lipinski definition) is 3. The van der Waals surface area contributed by atoms with Crippen molar-refractivity contribution in [3.63, 3.8) is 0 Å². The number of nitrogens with zero attached hydrogens (tertiary/aromatic N) is 3. The van der Waals surface area contributed by atoms with Gasteiger partial charge >= 0.3 is 0 Å². The van der Waals surface area contributed by atoms with Gasteiger partial charge in [0.25, 0.3) is 5.91 Å². The fourth-order valence-corrected chi connectivity index (χ4v) is 3.14. The molecule has 1 amide bonds. The molecule has 2 heterocycles. The van der Waals surface area contributed by atoms with Crippen LogP contribution in [0.15, 0.2) is 60.9 Å². The normalized spacial score (nSPS) is 11.0. The van der Waals surface area contributed by atoms with Crippen LogP contribution in [0.4, 0.5) is 5.69 Å². The number of carbonyl (C=O) groups excluding carboxylic acids is 1. The number of primary amides is 1. The summed E-state index contributed by atoms with van der Waals surface area (Å²) in [6.07, 6.45) is 4.20. The van der Waals surface area contributed by atoms with Crippen LogP contribution in [0.3, 0.4) is 0 Å². The van der Waals surface area contributed by atoms with Crippen LogP contribution in [-0.4, -0.2) is 34.5 Å². The van der Waals surface area contributed by atoms with Gasteiger partial charge in [-0.15, -0.1) is 0 Å². The van der Waals surface area contributed by atoms with Gasteiger partial charge in [0.15, 0.2) is 0 Å². The number of para-hydroxylation sites is 1. The van der Waals surface area contributed by atoms with Crippen LogP contribution in [0, 0.1) is 0 Å². The molecule has 4 rings (SSSR count). The van der Waals surface area contributed by atoms with Crippen LogP contribution in [0.1, 0.15) is 15.9 Å². The van der Waals surface area contributed by atoms with Crippen molar-refractivity contribution in [1.29, 1.82) is 0 Å². The average Bonchev–Trinajstić information content (AvgIpc) is 3.28. The standard InChI is InChI=1S/C21H21N5O/c1-25(2)16-10-11-26(13-16)12-14-6-8-15(9-7-14)21-23-18-5-3-4-17(20(22)27)19(18)24-21/h3-11,13H,12H2,1-2H3,(H2,22,27)(H,23,24). The summed E-state index contributed by atoms with van der Waals surface area (Å²) in [4.78, 5) is 21.5. The Labute approximate surface area is 157 Å². The summed E-state index contributed by atoms with van der Waals surface area (Å²) in [5.41, 5.74) is 10.6. The maximum absolute atomic E-state index is 11.6. The fraction of sp³-hybridized carbons (Fsp3) is 0.143. The van der Waals surface area contributed by atoms with E-state index < -0.39 is 5.91 Å². The highest BCUT2D eigenvalue weighted by Gasteiger charge is 2.12. The maximum Gasteiger partial charge on any atom is 0.250 e. The Balaban J connectivity index is 1.59. The molecular weight excluding hydrogens is 338 g/mol. The monoisotopic (exact) mass is 359 g/mol. The second-order valence-corrected chi connectivity index (χ2v) is 6.78. The van der Waals surface area contributed by atoms with Crippen molar-refractivity contribution in [3.8, 4) is 11.4 Å². The van der Waals surface area contributed by atoms with Gasteiger partial charge in [-0.1, -0.05) is 30.3 Å². The summed E-state index contributed by atoms with van der Waals surface area (Å²) in [5, 5.41) is 0. The summed E-state index contributed by atoms with van der Waals surface area (Å²) < 4.78 is 2.16. The molecule has 0 aliphatic rings. The van der Waals surface area contributed by atoms with Crippen molar-refractivity contribution in [3.05, 3.63) is 72.1 Å². The smallest absolute Gasteiger partial charge is 0.250 e. The molecule has 136 valence electrons. The molecule has 0 saturated heterocycles. The zero-order chi connectivity index (χ0) is 19.0. The number of rotatable bonds is 5. The van der Waals surface area contributed by atoms with Crippen molar-refractivity contribution in [2.45, 2.75) is 6.54 Å². The third kappa shape index (κ3) is 3.29. The minimum atomic E-state index is -0.474. The number of aromatic nitrogens is 3. The lowest BCUT2D eigenvalue weighted by Crippen LogP contribution is -2.11. The van der Waals surface area contributed by atoms with Gasteiger partial charge in [0, 0.05) is 38.6 Å². The van der Waals surface area contributed by atoms with Crippen LogP contribution >= 0.6 is 0 Å². The van der Waals surface area contributed by atoms with E-state index in [9.17, 15) is 4.79 Å². The molecule has 0 radical (unpaired) electrons. The number of nitrogens with one attached hydrogen (secondary N) is 1. The number of nitrogens with two attached hydrogens (primary N) is 1. The van der Waals surface area contributed by atoms with Crippen molar-refractivity contribution in [2.75, 3.05) is 19.0 Å². The number of benzene rings is 2. The molecule has 0 aliphatic carbocycles. The molecule has 0 fully saturated rings. The Morgan fingerprint density at radius 3 is 2.59 bits per heavy atom. The Morgan fingerprint density at radius 1 is 1.15 bits per heavy atom. The van der Waals surface area contributed by atoms with E-state index in [1.807, 2.05) is 32.3 Å². The Hall–Kier alpha value is -3.54. The van der Waals surface area contributed by atoms with Gasteiger partial charge in [-0.05, 0) is 23.8 Å². The number of carbonyl (C=O) groups is 1. The summed E-state index contributed by atoms with van der Waals surface area (Å²) in [7, 11) is 4.07. The molecule has 27 heavy (non-hydrogen) atoms. The molecule has 3 N–H and O–H groups in total. The van der Waals surface area contributed by atoms with Crippen LogP contribution in [0.2, 0.25) is 0 Å². The first-order valence-electron chi connectivity index (χ1n) is 8.72. The van der Waals surface area contributed by atoms with E-state index in [1.165, 1.54) is 11.3 Å². The molecule has 4 aromatic rings. The largest absolute Gasteiger partial charge is 0.376 e. The van der Waals surface area contributed by atoms with Gasteiger partial charge in [-0.2, -0.15) is 0 Å². The lowest BCUT2D eigenvalue weighted by Gasteiger charge is -2.09. The quantitative estimate of drug-likeness (QED) is 0.574. The van der Waals surface area contributed by atoms with Gasteiger partial charge in [0.2, 0.25) is 0 Å². The Morgan fingerprint density at radius 2 is 1.93 bits per heavy atom. The molecule has 2 aromatic carbocycles. The highest BCUT2D eigenvalue weighted by atomic mass is 16.1. The molecule has 0 saturated carbocycles. The van der Waals surface area contributed by atoms with Gasteiger partial charge in [-0.25, -0.2) is 4.98 Å². The van der Waals surface area contributed by atoms with E-state index in [1.54, 1.807) is 12.1 Å². The Kier molecular flexibility index (Phi) is 4.16. The zero-order valence-corrected chi connectivity index (χ0v) is 15.3. The minimum absolute atomic E-state index is 0.427. The number of H-pyrrole nitrogens is 1. The predicted molar refractivity (Wildman–Crippen MR) is 108 cm³/mol. The van der Waals surface area contributed by atoms with E-state index in [0.717, 1.165) is 23.4 Å². The molecule has 0 unspecified atom stereocenters. The SMILES string of the molecule is CN(C)c1ccn(Cc2ccc(-c3nc4c(C(N)=O)cccc4[nH]3)cc2)c1. The van der Waals surface area contributed by atoms with Crippen molar-refractivity contribution in [2.24, 2.45) is 5.73 Å². The number of hydrogen-bond donors (Lipinski definition) is 2. The highest BCUT2D eigenvalue weighted by Crippen LogP contribution is 2.23. The highest BCUT2D eigenvalue weighted by molar-refractivity contribution is 6.04. The molecular formula is C21H21N5O. The first-order valence-corrected chi connectivity index (χ1v) is 8.72. The number of amides is 1. The van der Waals surface area contributed by atoms with E-state index in [4.69, 9.17) is 5.73 Å². The number of imidazole rings is 1. The van der Waals surface area contributed by atoms with Crippen molar-refractivity contribution >= 4 is 22.6 Å². The van der Waals surface area contributed by atoms with Gasteiger partial charge in [0.05, 0.1) is 16.8 Å². The van der Waals surface area contributed by atoms with E-state index in [0.29, 0.717) is 11.1 Å². The van der Waals surface area contributed by atoms with Crippen LogP contribution < -0.4 is 10.6 Å². The summed E-state index contributed by atoms with van der Waals surface area (Å²) >= 11 is 0. The summed E-state index contributed by atoms with van der Waals surface area (Å²) in [5.74, 6) is 0.249. The van der Waals surface area contributed by atoms with Gasteiger partial charge in [-0.3, -0.25) is 4.79 Å². The molecule has 0 bridgehead atoms. The average molecular weight is 359 g/mol. The first-order chi connectivity index (χ1) is 13.0. The third-order valence-corrected chi connectivity index (χ3v) is 4.62. The number of fused-ring (bicyclic) bond motifs is 1. The molecule has 2 aromatic heterocycles. The second-order valence-electron chi connectivity index (χ2n) is 6.78. The topological polar surface area (TPSA) is 79.9 Å². The van der Waals surface area contributed by atoms with Crippen LogP contribution in [0.5, 0.6) is 0 Å². The van der Waals surface area contributed by atoms with E-state index >= 15 is 0 Å². The van der Waals surface area contributed by atoms with Crippen molar-refractivity contribution < 1.29 is 4.79 Å². The molecule has 0 atom stereocenters. The molecule has 6 heteroatoms. The van der Waals surface area contributed by atoms with Crippen molar-refractivity contribution in [1.82, 2.24) is 14.5 Å². The minimum Gasteiger partial charge on any atom is -0.376 e. The molecule has 0 aliphatic heterocycles. The summed E-state index contributed by atoms with van der Waals surface area (Å²) in [6, 6.07) is 15.7. The molecule has 0 spiro atoms. The van der Waals surface area contributed by atoms with Gasteiger partial charge < -0.3 is 20.2 Å². The summed E-state index contributed by atoms with van der Waals surface area (Å²) in [6.45, 7) is 0.806. The number of anilines is 1. The number of aromatic amines is 1. The van der Waals surface area contributed by atoms with E-state index in [2.05, 4.69) is 50.0 Å². The first kappa shape index (κ1) is 16.9. The van der Waals surface area contributed by atoms with E-state index in [-0.39, 0.29) is 0 Å². The Bertz CT molecular complexity index is 1110. The lowest BCUT2D eigenvalue weighted by atomic mass is 10.1. The second kappa shape index (κ2) is 6.64. The van der Waals surface area contributed by atoms with Gasteiger partial charge in [0.1, 0.15) is 11.3 Å². The molecule has 6 nitrogen and oxygen atoms in total.